The molecule has 0 bridgehead atoms. The van der Waals surface area contributed by atoms with Gasteiger partial charge in [0.15, 0.2) is 11.9 Å². The van der Waals surface area contributed by atoms with E-state index in [0.29, 0.717) is 0 Å². The largest absolute Gasteiger partial charge is 0.394 e. The monoisotopic (exact) mass is 351 g/mol. The van der Waals surface area contributed by atoms with Gasteiger partial charge in [-0.2, -0.15) is 0 Å². The van der Waals surface area contributed by atoms with Gasteiger partial charge in [0.1, 0.15) is 40.9 Å². The highest BCUT2D eigenvalue weighted by molar-refractivity contribution is 5.97. The van der Waals surface area contributed by atoms with E-state index in [-0.39, 0.29) is 16.9 Å². The fraction of sp³-hybridized carbons (Fsp3) is 0.429. The van der Waals surface area contributed by atoms with E-state index in [0.717, 1.165) is 12.5 Å². The molecule has 134 valence electrons. The highest BCUT2D eigenvalue weighted by Crippen LogP contribution is 2.39. The van der Waals surface area contributed by atoms with Crippen LogP contribution in [0.25, 0.3) is 11.0 Å². The number of rotatable bonds is 3. The number of hydrogen-bond acceptors (Lipinski definition) is 9. The molecule has 1 fully saturated rings. The van der Waals surface area contributed by atoms with Crippen LogP contribution in [0.4, 0.5) is 5.82 Å². The summed E-state index contributed by atoms with van der Waals surface area (Å²) in [6.07, 6.45) is -1.60. The summed E-state index contributed by atoms with van der Waals surface area (Å²) in [6, 6.07) is 0. The van der Waals surface area contributed by atoms with Crippen LogP contribution in [0.15, 0.2) is 17.3 Å². The van der Waals surface area contributed by atoms with Gasteiger partial charge in [-0.15, -0.1) is 0 Å². The second kappa shape index (κ2) is 5.74. The Morgan fingerprint density at radius 2 is 2.16 bits per heavy atom. The second-order valence-electron chi connectivity index (χ2n) is 5.98. The summed E-state index contributed by atoms with van der Waals surface area (Å²) < 4.78 is 6.68. The Balaban J connectivity index is 2.34. The van der Waals surface area contributed by atoms with E-state index in [1.165, 1.54) is 11.5 Å². The van der Waals surface area contributed by atoms with Gasteiger partial charge in [0.2, 0.25) is 5.43 Å². The summed E-state index contributed by atoms with van der Waals surface area (Å²) in [4.78, 5) is 31.8. The van der Waals surface area contributed by atoms with Crippen LogP contribution in [-0.2, 0) is 4.74 Å². The molecule has 0 aliphatic carbocycles. The fourth-order valence-corrected chi connectivity index (χ4v) is 2.94. The number of aliphatic hydroxyl groups excluding tert-OH is 2. The number of nitrogens with zero attached hydrogens (tertiary/aromatic N) is 3. The van der Waals surface area contributed by atoms with Crippen molar-refractivity contribution in [1.29, 1.82) is 0 Å². The fourth-order valence-electron chi connectivity index (χ4n) is 2.94. The summed E-state index contributed by atoms with van der Waals surface area (Å²) in [5, 5.41) is 29.9. The molecule has 25 heavy (non-hydrogen) atoms. The third-order valence-electron chi connectivity index (χ3n) is 4.29. The number of carbonyl (C=O) groups is 1. The molecule has 7 N–H and O–H groups in total. The molecule has 1 amide bonds. The van der Waals surface area contributed by atoms with Crippen molar-refractivity contribution in [2.45, 2.75) is 31.0 Å². The van der Waals surface area contributed by atoms with Crippen molar-refractivity contribution in [2.24, 2.45) is 5.73 Å². The van der Waals surface area contributed by atoms with Crippen molar-refractivity contribution in [2.75, 3.05) is 12.3 Å². The highest BCUT2D eigenvalue weighted by atomic mass is 16.6. The predicted molar refractivity (Wildman–Crippen MR) is 84.4 cm³/mol. The third kappa shape index (κ3) is 2.44. The molecule has 11 nitrogen and oxygen atoms in total. The summed E-state index contributed by atoms with van der Waals surface area (Å²) in [5.41, 5.74) is 7.94. The Morgan fingerprint density at radius 3 is 2.72 bits per heavy atom. The third-order valence-corrected chi connectivity index (χ3v) is 4.29. The number of ether oxygens (including phenoxy) is 1. The van der Waals surface area contributed by atoms with Crippen molar-refractivity contribution in [1.82, 2.24) is 14.5 Å². The zero-order valence-corrected chi connectivity index (χ0v) is 13.2. The maximum atomic E-state index is 12.4. The molecule has 1 aliphatic heterocycles. The standard InChI is InChI=1S/C14H17N5O6/c1-14(24)9(22)6(3-20)25-13(14)19-2-5(11(16)23)8(21)7-10(15)17-4-18-12(7)19/h2,4,6,9,13,20,22,24H,3H2,1H3,(H2,16,23)(H2,15,17,18)/t6?,9-,13?,14-/m1/s1. The first-order valence-corrected chi connectivity index (χ1v) is 7.32. The molecular weight excluding hydrogens is 334 g/mol. The van der Waals surface area contributed by atoms with Crippen LogP contribution >= 0.6 is 0 Å². The molecule has 2 unspecified atom stereocenters. The quantitative estimate of drug-likeness (QED) is 0.397. The van der Waals surface area contributed by atoms with E-state index in [9.17, 15) is 24.9 Å². The van der Waals surface area contributed by atoms with E-state index in [1.54, 1.807) is 0 Å². The lowest BCUT2D eigenvalue weighted by Gasteiger charge is -2.29. The first-order chi connectivity index (χ1) is 11.7. The molecule has 11 heteroatoms. The minimum atomic E-state index is -1.86. The lowest BCUT2D eigenvalue weighted by atomic mass is 9.96. The average molecular weight is 351 g/mol. The van der Waals surface area contributed by atoms with Crippen molar-refractivity contribution in [3.05, 3.63) is 28.3 Å². The maximum absolute atomic E-state index is 12.4. The number of pyridine rings is 1. The molecular formula is C14H17N5O6. The van der Waals surface area contributed by atoms with Gasteiger partial charge in [-0.1, -0.05) is 0 Å². The normalized spacial score (nSPS) is 29.2. The molecule has 2 aromatic rings. The molecule has 3 rings (SSSR count). The molecule has 4 atom stereocenters. The zero-order valence-electron chi connectivity index (χ0n) is 13.2. The van der Waals surface area contributed by atoms with E-state index in [4.69, 9.17) is 16.2 Å². The number of aromatic nitrogens is 3. The summed E-state index contributed by atoms with van der Waals surface area (Å²) in [7, 11) is 0. The van der Waals surface area contributed by atoms with E-state index in [1.807, 2.05) is 0 Å². The van der Waals surface area contributed by atoms with Gasteiger partial charge in [0, 0.05) is 6.20 Å². The van der Waals surface area contributed by atoms with Crippen LogP contribution in [0.5, 0.6) is 0 Å². The van der Waals surface area contributed by atoms with Crippen LogP contribution in [0.1, 0.15) is 23.5 Å². The Labute approximate surface area is 140 Å². The lowest BCUT2D eigenvalue weighted by molar-refractivity contribution is -0.0951. The van der Waals surface area contributed by atoms with Gasteiger partial charge >= 0.3 is 0 Å². The van der Waals surface area contributed by atoms with Crippen LogP contribution in [0.3, 0.4) is 0 Å². The minimum Gasteiger partial charge on any atom is -0.394 e. The number of nitrogens with two attached hydrogens (primary N) is 2. The van der Waals surface area contributed by atoms with Crippen LogP contribution in [0.2, 0.25) is 0 Å². The van der Waals surface area contributed by atoms with E-state index in [2.05, 4.69) is 9.97 Å². The Bertz CT molecular complexity index is 910. The van der Waals surface area contributed by atoms with Crippen LogP contribution in [0, 0.1) is 0 Å². The van der Waals surface area contributed by atoms with Crippen molar-refractivity contribution in [3.63, 3.8) is 0 Å². The molecule has 0 saturated carbocycles. The summed E-state index contributed by atoms with van der Waals surface area (Å²) in [6.45, 7) is 0.738. The average Bonchev–Trinajstić information content (AvgIpc) is 2.78. The summed E-state index contributed by atoms with van der Waals surface area (Å²) >= 11 is 0. The van der Waals surface area contributed by atoms with Gasteiger partial charge in [-0.25, -0.2) is 9.97 Å². The summed E-state index contributed by atoms with van der Waals surface area (Å²) in [5.74, 6) is -1.19. The smallest absolute Gasteiger partial charge is 0.254 e. The molecule has 1 saturated heterocycles. The molecule has 0 aromatic carbocycles. The van der Waals surface area contributed by atoms with Gasteiger partial charge in [-0.3, -0.25) is 9.59 Å². The predicted octanol–water partition coefficient (Wildman–Crippen LogP) is -2.53. The van der Waals surface area contributed by atoms with Crippen LogP contribution in [-0.4, -0.2) is 60.2 Å². The molecule has 0 radical (unpaired) electrons. The number of aliphatic hydroxyl groups is 3. The highest BCUT2D eigenvalue weighted by Gasteiger charge is 2.53. The molecule has 1 aliphatic rings. The Morgan fingerprint density at radius 1 is 1.48 bits per heavy atom. The van der Waals surface area contributed by atoms with E-state index < -0.39 is 47.5 Å². The molecule has 2 aromatic heterocycles. The van der Waals surface area contributed by atoms with Gasteiger partial charge in [0.25, 0.3) is 5.91 Å². The maximum Gasteiger partial charge on any atom is 0.254 e. The van der Waals surface area contributed by atoms with E-state index >= 15 is 0 Å². The molecule has 0 spiro atoms. The van der Waals surface area contributed by atoms with Crippen molar-refractivity contribution in [3.8, 4) is 0 Å². The van der Waals surface area contributed by atoms with Crippen LogP contribution < -0.4 is 16.9 Å². The lowest BCUT2D eigenvalue weighted by Crippen LogP contribution is -2.44. The van der Waals surface area contributed by atoms with Gasteiger partial charge in [0.05, 0.1) is 6.61 Å². The Hall–Kier alpha value is -2.60. The number of anilines is 1. The number of amides is 1. The number of hydrogen-bond donors (Lipinski definition) is 5. The van der Waals surface area contributed by atoms with Gasteiger partial charge < -0.3 is 36.1 Å². The van der Waals surface area contributed by atoms with Crippen molar-refractivity contribution < 1.29 is 24.9 Å². The first kappa shape index (κ1) is 17.2. The zero-order chi connectivity index (χ0) is 18.5. The second-order valence-corrected chi connectivity index (χ2v) is 5.98. The SMILES string of the molecule is C[C@]1(O)C(n2cc(C(N)=O)c(=O)c3c(N)ncnc32)OC(CO)[C@H]1O. The number of carbonyl (C=O) groups excluding carboxylic acids is 1. The van der Waals surface area contributed by atoms with Gasteiger partial charge in [-0.05, 0) is 6.92 Å². The number of primary amides is 1. The van der Waals surface area contributed by atoms with Crippen molar-refractivity contribution >= 4 is 22.8 Å². The first-order valence-electron chi connectivity index (χ1n) is 7.32. The Kier molecular flexibility index (Phi) is 3.95. The molecule has 3 heterocycles. The minimum absolute atomic E-state index is 0.0152. The number of nitrogen functional groups attached to an aromatic ring is 1. The number of fused-ring (bicyclic) bond motifs is 1. The topological polar surface area (TPSA) is 187 Å².